The first-order valence-corrected chi connectivity index (χ1v) is 7.45. The van der Waals surface area contributed by atoms with Gasteiger partial charge < -0.3 is 5.11 Å². The summed E-state index contributed by atoms with van der Waals surface area (Å²) in [5.41, 5.74) is 0. The van der Waals surface area contributed by atoms with Crippen LogP contribution < -0.4 is 0 Å². The molecule has 2 heteroatoms. The van der Waals surface area contributed by atoms with Crippen LogP contribution in [0, 0.1) is 11.8 Å². The molecule has 0 saturated heterocycles. The lowest BCUT2D eigenvalue weighted by Crippen LogP contribution is -1.91. The number of aliphatic carboxylic acids is 1. The van der Waals surface area contributed by atoms with Gasteiger partial charge in [0.2, 0.25) is 0 Å². The van der Waals surface area contributed by atoms with Gasteiger partial charge >= 0.3 is 5.97 Å². The summed E-state index contributed by atoms with van der Waals surface area (Å²) in [5.74, 6) is 5.20. The quantitative estimate of drug-likeness (QED) is 0.424. The largest absolute Gasteiger partial charge is 0.481 e. The maximum absolute atomic E-state index is 10.2. The van der Waals surface area contributed by atoms with E-state index >= 15 is 0 Å². The van der Waals surface area contributed by atoms with Gasteiger partial charge in [0.15, 0.2) is 0 Å². The van der Waals surface area contributed by atoms with Crippen molar-refractivity contribution >= 4 is 5.97 Å². The fourth-order valence-corrected chi connectivity index (χ4v) is 1.87. The van der Waals surface area contributed by atoms with Gasteiger partial charge in [-0.2, -0.15) is 0 Å². The van der Waals surface area contributed by atoms with Gasteiger partial charge in [-0.25, -0.2) is 0 Å². The van der Waals surface area contributed by atoms with Crippen molar-refractivity contribution in [2.45, 2.75) is 84.0 Å². The Kier molecular flexibility index (Phi) is 13.3. The molecule has 0 fully saturated rings. The zero-order chi connectivity index (χ0) is 13.5. The first-order valence-electron chi connectivity index (χ1n) is 7.45. The van der Waals surface area contributed by atoms with Gasteiger partial charge in [0, 0.05) is 12.8 Å². The maximum atomic E-state index is 10.2. The molecule has 0 aliphatic rings. The fourth-order valence-electron chi connectivity index (χ4n) is 1.87. The van der Waals surface area contributed by atoms with Crippen LogP contribution >= 0.6 is 0 Å². The lowest BCUT2D eigenvalue weighted by molar-refractivity contribution is -0.136. The van der Waals surface area contributed by atoms with Crippen molar-refractivity contribution in [2.75, 3.05) is 0 Å². The van der Waals surface area contributed by atoms with E-state index in [4.69, 9.17) is 5.11 Å². The average Bonchev–Trinajstić information content (AvgIpc) is 2.34. The molecule has 0 heterocycles. The van der Waals surface area contributed by atoms with E-state index in [1.54, 1.807) is 0 Å². The standard InChI is InChI=1S/C16H28O2/c1-2-3-4-5-6-7-8-9-10-11-12-13-14-15-16(17)18/h2-11,14-15H2,1H3,(H,17,18). The van der Waals surface area contributed by atoms with Gasteiger partial charge in [-0.05, 0) is 6.42 Å². The van der Waals surface area contributed by atoms with Crippen LogP contribution in [0.5, 0.6) is 0 Å². The Morgan fingerprint density at radius 2 is 1.33 bits per heavy atom. The zero-order valence-corrected chi connectivity index (χ0v) is 11.8. The van der Waals surface area contributed by atoms with Gasteiger partial charge in [0.1, 0.15) is 0 Å². The Morgan fingerprint density at radius 1 is 0.833 bits per heavy atom. The molecule has 0 atom stereocenters. The molecule has 0 aromatic rings. The Labute approximate surface area is 112 Å². The molecule has 1 N–H and O–H groups in total. The SMILES string of the molecule is CCCCCCCCCCCC#CCCC(=O)O. The summed E-state index contributed by atoms with van der Waals surface area (Å²) in [6.07, 6.45) is 13.6. The molecule has 0 aromatic carbocycles. The lowest BCUT2D eigenvalue weighted by atomic mass is 10.1. The summed E-state index contributed by atoms with van der Waals surface area (Å²) in [6.45, 7) is 2.25. The summed E-state index contributed by atoms with van der Waals surface area (Å²) in [7, 11) is 0. The summed E-state index contributed by atoms with van der Waals surface area (Å²) in [6, 6.07) is 0. The topological polar surface area (TPSA) is 37.3 Å². The highest BCUT2D eigenvalue weighted by Gasteiger charge is 1.92. The van der Waals surface area contributed by atoms with Crippen LogP contribution in [-0.2, 0) is 4.79 Å². The van der Waals surface area contributed by atoms with Crippen LogP contribution in [-0.4, -0.2) is 11.1 Å². The molecular formula is C16H28O2. The van der Waals surface area contributed by atoms with E-state index in [-0.39, 0.29) is 6.42 Å². The molecule has 0 saturated carbocycles. The number of carbonyl (C=O) groups is 1. The number of carboxylic acids is 1. The second kappa shape index (κ2) is 14.1. The van der Waals surface area contributed by atoms with Gasteiger partial charge in [0.05, 0.1) is 6.42 Å². The molecule has 0 aromatic heterocycles. The molecule has 18 heavy (non-hydrogen) atoms. The van der Waals surface area contributed by atoms with E-state index < -0.39 is 5.97 Å². The average molecular weight is 252 g/mol. The van der Waals surface area contributed by atoms with Crippen LogP contribution in [0.4, 0.5) is 0 Å². The van der Waals surface area contributed by atoms with E-state index in [9.17, 15) is 4.79 Å². The van der Waals surface area contributed by atoms with Crippen molar-refractivity contribution in [3.8, 4) is 11.8 Å². The van der Waals surface area contributed by atoms with Crippen LogP contribution in [0.1, 0.15) is 84.0 Å². The molecule has 0 radical (unpaired) electrons. The third-order valence-corrected chi connectivity index (χ3v) is 2.99. The van der Waals surface area contributed by atoms with Gasteiger partial charge in [0.25, 0.3) is 0 Å². The second-order valence-corrected chi connectivity index (χ2v) is 4.83. The predicted octanol–water partition coefficient (Wildman–Crippen LogP) is 4.78. The van der Waals surface area contributed by atoms with Crippen LogP contribution in [0.25, 0.3) is 0 Å². The van der Waals surface area contributed by atoms with E-state index in [0.717, 1.165) is 12.8 Å². The molecule has 104 valence electrons. The first-order chi connectivity index (χ1) is 8.77. The highest BCUT2D eigenvalue weighted by atomic mass is 16.4. The molecular weight excluding hydrogens is 224 g/mol. The number of hydrogen-bond acceptors (Lipinski definition) is 1. The van der Waals surface area contributed by atoms with Gasteiger partial charge in [-0.3, -0.25) is 4.79 Å². The van der Waals surface area contributed by atoms with E-state index in [1.165, 1.54) is 51.4 Å². The minimum absolute atomic E-state index is 0.171. The summed E-state index contributed by atoms with van der Waals surface area (Å²) < 4.78 is 0. The van der Waals surface area contributed by atoms with Crippen molar-refractivity contribution in [3.05, 3.63) is 0 Å². The summed E-state index contributed by atoms with van der Waals surface area (Å²) >= 11 is 0. The number of rotatable bonds is 11. The normalized spacial score (nSPS) is 9.83. The van der Waals surface area contributed by atoms with E-state index in [0.29, 0.717) is 6.42 Å². The van der Waals surface area contributed by atoms with Crippen molar-refractivity contribution in [1.82, 2.24) is 0 Å². The summed E-state index contributed by atoms with van der Waals surface area (Å²) in [5, 5.41) is 8.42. The van der Waals surface area contributed by atoms with Crippen LogP contribution in [0.3, 0.4) is 0 Å². The third kappa shape index (κ3) is 15.0. The van der Waals surface area contributed by atoms with E-state index in [2.05, 4.69) is 18.8 Å². The number of unbranched alkanes of at least 4 members (excludes halogenated alkanes) is 9. The van der Waals surface area contributed by atoms with Crippen molar-refractivity contribution in [3.63, 3.8) is 0 Å². The Bertz CT molecular complexity index is 248. The highest BCUT2D eigenvalue weighted by Crippen LogP contribution is 2.10. The molecule has 0 unspecified atom stereocenters. The van der Waals surface area contributed by atoms with Crippen molar-refractivity contribution in [2.24, 2.45) is 0 Å². The molecule has 0 aliphatic heterocycles. The molecule has 0 aliphatic carbocycles. The smallest absolute Gasteiger partial charge is 0.304 e. The lowest BCUT2D eigenvalue weighted by Gasteiger charge is -2.00. The Morgan fingerprint density at radius 3 is 1.89 bits per heavy atom. The second-order valence-electron chi connectivity index (χ2n) is 4.83. The minimum Gasteiger partial charge on any atom is -0.481 e. The van der Waals surface area contributed by atoms with E-state index in [1.807, 2.05) is 0 Å². The number of carboxylic acid groups (broad SMARTS) is 1. The molecule has 0 spiro atoms. The van der Waals surface area contributed by atoms with Gasteiger partial charge in [-0.15, -0.1) is 11.8 Å². The summed E-state index contributed by atoms with van der Waals surface area (Å²) in [4.78, 5) is 10.2. The van der Waals surface area contributed by atoms with Crippen LogP contribution in [0.2, 0.25) is 0 Å². The Hall–Kier alpha value is -0.970. The zero-order valence-electron chi connectivity index (χ0n) is 11.8. The number of hydrogen-bond donors (Lipinski definition) is 1. The molecule has 0 rings (SSSR count). The van der Waals surface area contributed by atoms with Crippen molar-refractivity contribution in [1.29, 1.82) is 0 Å². The van der Waals surface area contributed by atoms with Gasteiger partial charge in [-0.1, -0.05) is 58.3 Å². The Balaban J connectivity index is 3.09. The maximum Gasteiger partial charge on any atom is 0.304 e. The highest BCUT2D eigenvalue weighted by molar-refractivity contribution is 5.66. The molecule has 2 nitrogen and oxygen atoms in total. The third-order valence-electron chi connectivity index (χ3n) is 2.99. The predicted molar refractivity (Wildman–Crippen MR) is 76.5 cm³/mol. The van der Waals surface area contributed by atoms with Crippen molar-refractivity contribution < 1.29 is 9.90 Å². The monoisotopic (exact) mass is 252 g/mol. The molecule has 0 bridgehead atoms. The first kappa shape index (κ1) is 17.0. The van der Waals surface area contributed by atoms with Crippen LogP contribution in [0.15, 0.2) is 0 Å². The minimum atomic E-state index is -0.757. The molecule has 0 amide bonds. The fraction of sp³-hybridized carbons (Fsp3) is 0.812.